The minimum Gasteiger partial charge on any atom is -0.220 e. The molecule has 9 aromatic rings. The largest absolute Gasteiger partial charge is 0.220 e. The van der Waals surface area contributed by atoms with Crippen LogP contribution in [0.2, 0.25) is 5.02 Å². The molecule has 0 N–H and O–H groups in total. The Morgan fingerprint density at radius 2 is 0.741 bits per heavy atom. The normalized spacial score (nSPS) is 10.1. The summed E-state index contributed by atoms with van der Waals surface area (Å²) in [6.07, 6.45) is 10.1. The van der Waals surface area contributed by atoms with Gasteiger partial charge in [0.15, 0.2) is 16.9 Å². The number of hydrogen-bond donors (Lipinski definition) is 0. The van der Waals surface area contributed by atoms with Crippen molar-refractivity contribution in [2.45, 2.75) is 6.92 Å². The van der Waals surface area contributed by atoms with Crippen LogP contribution in [0.3, 0.4) is 0 Å². The Balaban J connectivity index is 0.000000125. The first kappa shape index (κ1) is 34.9. The van der Waals surface area contributed by atoms with E-state index in [0.717, 1.165) is 50.3 Å². The molecule has 11 heteroatoms. The van der Waals surface area contributed by atoms with E-state index < -0.39 is 0 Å². The topological polar surface area (TPSA) is 90.6 Å². The summed E-state index contributed by atoms with van der Waals surface area (Å²) in [6, 6.07) is 33.1. The first-order chi connectivity index (χ1) is 26.4. The van der Waals surface area contributed by atoms with Crippen molar-refractivity contribution in [2.24, 2.45) is 0 Å². The van der Waals surface area contributed by atoms with E-state index in [9.17, 15) is 4.39 Å². The second-order valence-corrected chi connectivity index (χ2v) is 12.0. The molecule has 0 saturated heterocycles. The zero-order valence-electron chi connectivity index (χ0n) is 28.6. The van der Waals surface area contributed by atoms with Crippen molar-refractivity contribution in [3.05, 3.63) is 197 Å². The molecule has 258 valence electrons. The van der Waals surface area contributed by atoms with E-state index in [1.54, 1.807) is 31.9 Å². The Labute approximate surface area is 314 Å². The van der Waals surface area contributed by atoms with Crippen LogP contribution in [0.25, 0.3) is 16.9 Å². The summed E-state index contributed by atoms with van der Waals surface area (Å²) in [5, 5.41) is 12.9. The summed E-state index contributed by atoms with van der Waals surface area (Å²) < 4.78 is 17.8. The molecule has 0 amide bonds. The molecule has 0 saturated carbocycles. The number of rotatable bonds is 0. The van der Waals surface area contributed by atoms with E-state index in [0.29, 0.717) is 5.02 Å². The summed E-state index contributed by atoms with van der Waals surface area (Å²) in [5.74, 6) is 18.1. The average Bonchev–Trinajstić information content (AvgIpc) is 3.99. The lowest BCUT2D eigenvalue weighted by atomic mass is 10.1. The third-order valence-electron chi connectivity index (χ3n) is 7.62. The Morgan fingerprint density at radius 3 is 1.13 bits per heavy atom. The Kier molecular flexibility index (Phi) is 10.7. The maximum atomic E-state index is 12.7. The molecular formula is C43H27ClFN9. The van der Waals surface area contributed by atoms with Gasteiger partial charge in [-0.3, -0.25) is 0 Å². The van der Waals surface area contributed by atoms with Crippen molar-refractivity contribution in [3.8, 4) is 35.5 Å². The lowest BCUT2D eigenvalue weighted by Gasteiger charge is -1.93. The fourth-order valence-electron chi connectivity index (χ4n) is 4.81. The van der Waals surface area contributed by atoms with Crippen LogP contribution in [0.4, 0.5) is 4.39 Å². The predicted molar refractivity (Wildman–Crippen MR) is 206 cm³/mol. The minimum absolute atomic E-state index is 0.260. The van der Waals surface area contributed by atoms with Gasteiger partial charge in [0.1, 0.15) is 24.8 Å². The molecule has 0 aliphatic heterocycles. The van der Waals surface area contributed by atoms with Crippen LogP contribution < -0.4 is 0 Å². The van der Waals surface area contributed by atoms with Crippen LogP contribution in [0.1, 0.15) is 38.9 Å². The van der Waals surface area contributed by atoms with Crippen molar-refractivity contribution in [3.63, 3.8) is 0 Å². The highest BCUT2D eigenvalue weighted by atomic mass is 35.5. The number of fused-ring (bicyclic) bond motifs is 3. The first-order valence-corrected chi connectivity index (χ1v) is 16.8. The fraction of sp³-hybridized carbons (Fsp3) is 0.0233. The summed E-state index contributed by atoms with van der Waals surface area (Å²) in [6.45, 7) is 2.07. The lowest BCUT2D eigenvalue weighted by Crippen LogP contribution is -1.88. The zero-order chi connectivity index (χ0) is 37.1. The fourth-order valence-corrected chi connectivity index (χ4v) is 4.93. The molecule has 54 heavy (non-hydrogen) atoms. The first-order valence-electron chi connectivity index (χ1n) is 16.5. The van der Waals surface area contributed by atoms with Crippen LogP contribution in [-0.2, 0) is 0 Å². The second kappa shape index (κ2) is 16.6. The van der Waals surface area contributed by atoms with Gasteiger partial charge in [-0.25, -0.2) is 32.9 Å². The van der Waals surface area contributed by atoms with Gasteiger partial charge in [-0.2, -0.15) is 15.3 Å². The van der Waals surface area contributed by atoms with Crippen molar-refractivity contribution < 1.29 is 4.39 Å². The zero-order valence-corrected chi connectivity index (χ0v) is 29.4. The summed E-state index contributed by atoms with van der Waals surface area (Å²) in [4.78, 5) is 12.2. The molecular weight excluding hydrogens is 697 g/mol. The van der Waals surface area contributed by atoms with Crippen molar-refractivity contribution >= 4 is 28.5 Å². The number of pyridine rings is 3. The summed E-state index contributed by atoms with van der Waals surface area (Å²) in [7, 11) is 0. The van der Waals surface area contributed by atoms with E-state index in [-0.39, 0.29) is 5.82 Å². The Morgan fingerprint density at radius 1 is 0.426 bits per heavy atom. The molecule has 0 fully saturated rings. The summed E-state index contributed by atoms with van der Waals surface area (Å²) >= 11 is 5.81. The van der Waals surface area contributed by atoms with E-state index in [1.807, 2.05) is 85.2 Å². The molecule has 0 atom stereocenters. The van der Waals surface area contributed by atoms with Gasteiger partial charge < -0.3 is 0 Å². The van der Waals surface area contributed by atoms with Crippen LogP contribution in [-0.4, -0.2) is 43.8 Å². The van der Waals surface area contributed by atoms with Gasteiger partial charge in [-0.15, -0.1) is 0 Å². The average molecular weight is 724 g/mol. The third kappa shape index (κ3) is 9.39. The molecule has 9 nitrogen and oxygen atoms in total. The van der Waals surface area contributed by atoms with Crippen LogP contribution in [0.15, 0.2) is 147 Å². The standard InChI is InChI=1S/C15H11N3.C14H8ClN3.C14H8FN3/c1-12-2-4-13(5-3-12)6-7-14-8-9-15-16-11-17-18(15)10-14;2*15-13-6-3-11(4-7-13)1-2-12-5-8-14-16-10-17-18(14)9-12/h2-5,8-11H,1H3;2*3-10H. The second-order valence-electron chi connectivity index (χ2n) is 11.6. The molecule has 3 aromatic carbocycles. The quantitative estimate of drug-likeness (QED) is 0.151. The lowest BCUT2D eigenvalue weighted by molar-refractivity contribution is 0.627. The smallest absolute Gasteiger partial charge is 0.155 e. The maximum absolute atomic E-state index is 12.7. The van der Waals surface area contributed by atoms with Crippen molar-refractivity contribution in [1.82, 2.24) is 43.8 Å². The minimum atomic E-state index is -0.260. The van der Waals surface area contributed by atoms with Gasteiger partial charge in [0.2, 0.25) is 0 Å². The third-order valence-corrected chi connectivity index (χ3v) is 7.87. The Hall–Kier alpha value is -7.58. The maximum Gasteiger partial charge on any atom is 0.155 e. The van der Waals surface area contributed by atoms with E-state index in [1.165, 1.54) is 36.7 Å². The predicted octanol–water partition coefficient (Wildman–Crippen LogP) is 7.49. The van der Waals surface area contributed by atoms with Gasteiger partial charge in [0.25, 0.3) is 0 Å². The van der Waals surface area contributed by atoms with Crippen molar-refractivity contribution in [2.75, 3.05) is 0 Å². The van der Waals surface area contributed by atoms with Gasteiger partial charge >= 0.3 is 0 Å². The number of nitrogens with zero attached hydrogens (tertiary/aromatic N) is 9. The number of halogens is 2. The van der Waals surface area contributed by atoms with Gasteiger partial charge in [-0.1, -0.05) is 64.8 Å². The van der Waals surface area contributed by atoms with Crippen LogP contribution in [0.5, 0.6) is 0 Å². The van der Waals surface area contributed by atoms with E-state index in [2.05, 4.69) is 84.8 Å². The highest BCUT2D eigenvalue weighted by Gasteiger charge is 1.97. The molecule has 6 heterocycles. The Bertz CT molecular complexity index is 2560. The van der Waals surface area contributed by atoms with Gasteiger partial charge in [0, 0.05) is 57.0 Å². The highest BCUT2D eigenvalue weighted by Crippen LogP contribution is 2.10. The van der Waals surface area contributed by atoms with E-state index >= 15 is 0 Å². The molecule has 0 aliphatic carbocycles. The number of hydrogen-bond acceptors (Lipinski definition) is 6. The van der Waals surface area contributed by atoms with Crippen molar-refractivity contribution in [1.29, 1.82) is 0 Å². The molecule has 9 rings (SSSR count). The van der Waals surface area contributed by atoms with Crippen LogP contribution >= 0.6 is 11.6 Å². The molecule has 6 aromatic heterocycles. The molecule has 0 bridgehead atoms. The number of benzene rings is 3. The molecule has 0 unspecified atom stereocenters. The van der Waals surface area contributed by atoms with Gasteiger partial charge in [-0.05, 0) is 104 Å². The molecule has 0 aliphatic rings. The number of aryl methyl sites for hydroxylation is 1. The van der Waals surface area contributed by atoms with E-state index in [4.69, 9.17) is 11.6 Å². The number of aromatic nitrogens is 9. The molecule has 0 radical (unpaired) electrons. The highest BCUT2D eigenvalue weighted by molar-refractivity contribution is 6.30. The van der Waals surface area contributed by atoms with Gasteiger partial charge in [0.05, 0.1) is 0 Å². The SMILES string of the molecule is Cc1ccc(C#Cc2ccc3ncnn3c2)cc1.Clc1ccc(C#Cc2ccc3ncnn3c2)cc1.Fc1ccc(C#Cc2ccc3ncnn3c2)cc1. The van der Waals surface area contributed by atoms with Crippen LogP contribution in [0, 0.1) is 48.3 Å². The monoisotopic (exact) mass is 723 g/mol. The molecule has 0 spiro atoms. The summed E-state index contributed by atoms with van der Waals surface area (Å²) in [5.41, 5.74) is 9.02.